The van der Waals surface area contributed by atoms with Gasteiger partial charge in [-0.05, 0) is 30.5 Å². The summed E-state index contributed by atoms with van der Waals surface area (Å²) < 4.78 is 12.8. The van der Waals surface area contributed by atoms with E-state index < -0.39 is 0 Å². The second kappa shape index (κ2) is 6.63. The first-order chi connectivity index (χ1) is 9.19. The summed E-state index contributed by atoms with van der Waals surface area (Å²) in [5.74, 6) is -0.186. The van der Waals surface area contributed by atoms with Crippen LogP contribution in [0.5, 0.6) is 0 Å². The lowest BCUT2D eigenvalue weighted by Crippen LogP contribution is -2.46. The highest BCUT2D eigenvalue weighted by atomic mass is 19.1. The highest BCUT2D eigenvalue weighted by Crippen LogP contribution is 2.11. The van der Waals surface area contributed by atoms with Crippen molar-refractivity contribution in [3.63, 3.8) is 0 Å². The Morgan fingerprint density at radius 2 is 1.95 bits per heavy atom. The minimum absolute atomic E-state index is 0.0250. The second-order valence-corrected chi connectivity index (χ2v) is 4.87. The molecule has 0 radical (unpaired) electrons. The van der Waals surface area contributed by atoms with E-state index >= 15 is 0 Å². The van der Waals surface area contributed by atoms with Crippen molar-refractivity contribution in [3.05, 3.63) is 35.6 Å². The summed E-state index contributed by atoms with van der Waals surface area (Å²) in [5.41, 5.74) is 6.42. The third-order valence-corrected chi connectivity index (χ3v) is 3.53. The number of carbonyl (C=O) groups is 1. The first-order valence-corrected chi connectivity index (χ1v) is 6.64. The lowest BCUT2D eigenvalue weighted by molar-refractivity contribution is -0.130. The van der Waals surface area contributed by atoms with Crippen LogP contribution in [-0.2, 0) is 11.3 Å². The predicted molar refractivity (Wildman–Crippen MR) is 71.9 cm³/mol. The van der Waals surface area contributed by atoms with Gasteiger partial charge in [-0.25, -0.2) is 4.39 Å². The molecule has 1 fully saturated rings. The lowest BCUT2D eigenvalue weighted by Gasteiger charge is -2.32. The molecule has 3 N–H and O–H groups in total. The Morgan fingerprint density at radius 3 is 2.53 bits per heavy atom. The van der Waals surface area contributed by atoms with Gasteiger partial charge in [-0.2, -0.15) is 0 Å². The van der Waals surface area contributed by atoms with Crippen LogP contribution >= 0.6 is 0 Å². The highest BCUT2D eigenvalue weighted by Gasteiger charge is 2.21. The number of nitrogens with two attached hydrogens (primary N) is 1. The van der Waals surface area contributed by atoms with Gasteiger partial charge in [-0.1, -0.05) is 12.1 Å². The topological polar surface area (TPSA) is 58.4 Å². The maximum Gasteiger partial charge on any atom is 0.236 e. The molecule has 1 amide bonds. The molecule has 1 aromatic carbocycles. The van der Waals surface area contributed by atoms with Crippen LogP contribution in [0, 0.1) is 5.82 Å². The van der Waals surface area contributed by atoms with Crippen molar-refractivity contribution in [2.24, 2.45) is 5.73 Å². The van der Waals surface area contributed by atoms with E-state index in [1.54, 1.807) is 12.1 Å². The largest absolute Gasteiger partial charge is 0.341 e. The molecule has 1 saturated heterocycles. The van der Waals surface area contributed by atoms with Crippen LogP contribution < -0.4 is 11.1 Å². The molecule has 0 atom stereocenters. The number of hydrogen-bond donors (Lipinski definition) is 2. The molecule has 5 heteroatoms. The number of hydrogen-bond acceptors (Lipinski definition) is 3. The zero-order valence-corrected chi connectivity index (χ0v) is 10.9. The van der Waals surface area contributed by atoms with Gasteiger partial charge in [0.2, 0.25) is 5.91 Å². The minimum Gasteiger partial charge on any atom is -0.341 e. The van der Waals surface area contributed by atoms with Gasteiger partial charge < -0.3 is 16.0 Å². The monoisotopic (exact) mass is 265 g/mol. The van der Waals surface area contributed by atoms with E-state index in [0.29, 0.717) is 6.04 Å². The Labute approximate surface area is 112 Å². The summed E-state index contributed by atoms with van der Waals surface area (Å²) in [6.07, 6.45) is 1.87. The van der Waals surface area contributed by atoms with Crippen LogP contribution in [0.15, 0.2) is 24.3 Å². The molecule has 1 aliphatic heterocycles. The van der Waals surface area contributed by atoms with Gasteiger partial charge >= 0.3 is 0 Å². The molecular formula is C14H20FN3O. The molecule has 0 spiro atoms. The number of amides is 1. The third kappa shape index (κ3) is 4.01. The molecule has 0 saturated carbocycles. The van der Waals surface area contributed by atoms with Gasteiger partial charge in [0.15, 0.2) is 0 Å². The van der Waals surface area contributed by atoms with Crippen LogP contribution in [0.4, 0.5) is 4.39 Å². The molecule has 0 unspecified atom stereocenters. The summed E-state index contributed by atoms with van der Waals surface area (Å²) in [6, 6.07) is 6.93. The first kappa shape index (κ1) is 14.0. The molecule has 1 aromatic rings. The third-order valence-electron chi connectivity index (χ3n) is 3.53. The predicted octanol–water partition coefficient (Wildman–Crippen LogP) is 0.865. The number of likely N-dealkylation sites (tertiary alicyclic amines) is 1. The second-order valence-electron chi connectivity index (χ2n) is 4.87. The number of nitrogens with one attached hydrogen (secondary N) is 1. The summed E-state index contributed by atoms with van der Waals surface area (Å²) in [6.45, 7) is 2.34. The van der Waals surface area contributed by atoms with Gasteiger partial charge in [-0.15, -0.1) is 0 Å². The summed E-state index contributed by atoms with van der Waals surface area (Å²) in [5, 5.41) is 3.44. The van der Waals surface area contributed by atoms with Crippen molar-refractivity contribution in [1.29, 1.82) is 0 Å². The van der Waals surface area contributed by atoms with Crippen LogP contribution in [0.3, 0.4) is 0 Å². The Balaban J connectivity index is 1.74. The van der Waals surface area contributed by atoms with Crippen molar-refractivity contribution in [2.45, 2.75) is 25.4 Å². The van der Waals surface area contributed by atoms with Crippen molar-refractivity contribution in [2.75, 3.05) is 19.6 Å². The van der Waals surface area contributed by atoms with E-state index in [9.17, 15) is 9.18 Å². The zero-order valence-electron chi connectivity index (χ0n) is 10.9. The van der Waals surface area contributed by atoms with Gasteiger partial charge in [0.25, 0.3) is 0 Å². The van der Waals surface area contributed by atoms with Crippen molar-refractivity contribution in [1.82, 2.24) is 10.2 Å². The molecule has 0 aromatic heterocycles. The number of rotatable bonds is 4. The smallest absolute Gasteiger partial charge is 0.236 e. The SMILES string of the molecule is NCC(=O)N1CCC(NCc2ccc(F)cc2)CC1. The first-order valence-electron chi connectivity index (χ1n) is 6.64. The Kier molecular flexibility index (Phi) is 4.87. The van der Waals surface area contributed by atoms with Crippen molar-refractivity contribution < 1.29 is 9.18 Å². The number of halogens is 1. The average molecular weight is 265 g/mol. The van der Waals surface area contributed by atoms with Gasteiger partial charge in [0.05, 0.1) is 6.54 Å². The number of carbonyl (C=O) groups excluding carboxylic acids is 1. The van der Waals surface area contributed by atoms with Crippen LogP contribution in [0.25, 0.3) is 0 Å². The molecule has 0 bridgehead atoms. The minimum atomic E-state index is -0.211. The quantitative estimate of drug-likeness (QED) is 0.849. The number of piperidine rings is 1. The number of nitrogens with zero attached hydrogens (tertiary/aromatic N) is 1. The molecule has 0 aliphatic carbocycles. The number of benzene rings is 1. The maximum atomic E-state index is 12.8. The fraction of sp³-hybridized carbons (Fsp3) is 0.500. The molecule has 4 nitrogen and oxygen atoms in total. The Bertz CT molecular complexity index is 413. The highest BCUT2D eigenvalue weighted by molar-refractivity contribution is 5.78. The van der Waals surface area contributed by atoms with E-state index in [0.717, 1.165) is 38.0 Å². The summed E-state index contributed by atoms with van der Waals surface area (Å²) >= 11 is 0. The summed E-state index contributed by atoms with van der Waals surface area (Å²) in [4.78, 5) is 13.2. The van der Waals surface area contributed by atoms with Crippen LogP contribution in [-0.4, -0.2) is 36.5 Å². The molecule has 104 valence electrons. The average Bonchev–Trinajstić information content (AvgIpc) is 2.46. The Morgan fingerprint density at radius 1 is 1.32 bits per heavy atom. The zero-order chi connectivity index (χ0) is 13.7. The molecule has 1 aliphatic rings. The fourth-order valence-corrected chi connectivity index (χ4v) is 2.33. The van der Waals surface area contributed by atoms with Crippen molar-refractivity contribution in [3.8, 4) is 0 Å². The van der Waals surface area contributed by atoms with Gasteiger partial charge in [0, 0.05) is 25.7 Å². The standard InChI is InChI=1S/C14H20FN3O/c15-12-3-1-11(2-4-12)10-17-13-5-7-18(8-6-13)14(19)9-16/h1-4,13,17H,5-10,16H2. The van der Waals surface area contributed by atoms with Crippen LogP contribution in [0.2, 0.25) is 0 Å². The normalized spacial score (nSPS) is 16.6. The van der Waals surface area contributed by atoms with E-state index in [1.165, 1.54) is 12.1 Å². The van der Waals surface area contributed by atoms with Gasteiger partial charge in [-0.3, -0.25) is 4.79 Å². The fourth-order valence-electron chi connectivity index (χ4n) is 2.33. The molecular weight excluding hydrogens is 245 g/mol. The van der Waals surface area contributed by atoms with Gasteiger partial charge in [0.1, 0.15) is 5.82 Å². The molecule has 19 heavy (non-hydrogen) atoms. The maximum absolute atomic E-state index is 12.8. The van der Waals surface area contributed by atoms with E-state index in [2.05, 4.69) is 5.32 Å². The van der Waals surface area contributed by atoms with Crippen LogP contribution in [0.1, 0.15) is 18.4 Å². The molecule has 2 rings (SSSR count). The Hall–Kier alpha value is -1.46. The summed E-state index contributed by atoms with van der Waals surface area (Å²) in [7, 11) is 0. The molecule has 1 heterocycles. The lowest BCUT2D eigenvalue weighted by atomic mass is 10.0. The van der Waals surface area contributed by atoms with Crippen molar-refractivity contribution >= 4 is 5.91 Å². The van der Waals surface area contributed by atoms with E-state index in [1.807, 2.05) is 4.90 Å². The van der Waals surface area contributed by atoms with E-state index in [-0.39, 0.29) is 18.3 Å². The van der Waals surface area contributed by atoms with E-state index in [4.69, 9.17) is 5.73 Å².